The summed E-state index contributed by atoms with van der Waals surface area (Å²) in [4.78, 5) is 15.1. The quantitative estimate of drug-likeness (QED) is 0.720. The molecule has 0 spiro atoms. The summed E-state index contributed by atoms with van der Waals surface area (Å²) in [6.07, 6.45) is 4.37. The van der Waals surface area contributed by atoms with E-state index >= 15 is 0 Å². The number of carbonyl (C=O) groups is 1. The number of benzene rings is 2. The van der Waals surface area contributed by atoms with E-state index in [0.717, 1.165) is 23.5 Å². The molecule has 2 aromatic rings. The zero-order valence-electron chi connectivity index (χ0n) is 16.5. The van der Waals surface area contributed by atoms with E-state index in [1.165, 1.54) is 29.9 Å². The molecule has 0 aromatic heterocycles. The van der Waals surface area contributed by atoms with E-state index in [2.05, 4.69) is 41.2 Å². The number of nitrogens with one attached hydrogen (secondary N) is 1. The van der Waals surface area contributed by atoms with Gasteiger partial charge in [-0.3, -0.25) is 9.69 Å². The molecule has 29 heavy (non-hydrogen) atoms. The summed E-state index contributed by atoms with van der Waals surface area (Å²) in [5, 5.41) is 3.59. The second kappa shape index (κ2) is 9.24. The molecule has 2 aliphatic heterocycles. The Hall–Kier alpha value is -1.95. The third-order valence-corrected chi connectivity index (χ3v) is 6.72. The molecular formula is C23H25ClN2O2S. The summed E-state index contributed by atoms with van der Waals surface area (Å²) < 4.78 is 5.68. The van der Waals surface area contributed by atoms with Gasteiger partial charge in [-0.1, -0.05) is 23.7 Å². The number of hydrogen-bond donors (Lipinski definition) is 1. The molecule has 1 fully saturated rings. The Balaban J connectivity index is 1.36. The standard InChI is InChI=1S/C23H25ClN2O2S/c1-26(21-8-10-29-11-9-21)14-16-2-5-20(6-3-16)25-23(27)18-12-17-13-19(24)4-7-22(17)28-15-18/h2-7,12-13,21H,8-11,14-15H2,1H3,(H,25,27). The molecule has 0 unspecified atom stereocenters. The maximum atomic E-state index is 12.6. The molecule has 0 aliphatic carbocycles. The van der Waals surface area contributed by atoms with Gasteiger partial charge in [-0.25, -0.2) is 0 Å². The van der Waals surface area contributed by atoms with E-state index in [4.69, 9.17) is 16.3 Å². The molecule has 1 saturated heterocycles. The molecule has 0 radical (unpaired) electrons. The zero-order chi connectivity index (χ0) is 20.2. The molecule has 1 amide bonds. The number of thioether (sulfide) groups is 1. The second-order valence-corrected chi connectivity index (χ2v) is 9.21. The van der Waals surface area contributed by atoms with Gasteiger partial charge in [0.1, 0.15) is 12.4 Å². The van der Waals surface area contributed by atoms with E-state index in [0.29, 0.717) is 16.6 Å². The van der Waals surface area contributed by atoms with Crippen molar-refractivity contribution in [3.8, 4) is 5.75 Å². The molecule has 2 aromatic carbocycles. The van der Waals surface area contributed by atoms with Crippen LogP contribution in [0.4, 0.5) is 5.69 Å². The molecule has 2 aliphatic rings. The van der Waals surface area contributed by atoms with Gasteiger partial charge in [-0.2, -0.15) is 11.8 Å². The molecule has 4 rings (SSSR count). The van der Waals surface area contributed by atoms with Crippen molar-refractivity contribution in [1.82, 2.24) is 4.90 Å². The highest BCUT2D eigenvalue weighted by Crippen LogP contribution is 2.29. The van der Waals surface area contributed by atoms with E-state index in [1.54, 1.807) is 12.1 Å². The first kappa shape index (κ1) is 20.3. The SMILES string of the molecule is CN(Cc1ccc(NC(=O)C2=Cc3cc(Cl)ccc3OC2)cc1)C1CCSCC1. The fourth-order valence-corrected chi connectivity index (χ4v) is 4.99. The van der Waals surface area contributed by atoms with Crippen molar-refractivity contribution >= 4 is 41.0 Å². The summed E-state index contributed by atoms with van der Waals surface area (Å²) in [6.45, 7) is 1.18. The Morgan fingerprint density at radius 1 is 1.21 bits per heavy atom. The molecule has 0 atom stereocenters. The third kappa shape index (κ3) is 5.16. The fraction of sp³-hybridized carbons (Fsp3) is 0.348. The van der Waals surface area contributed by atoms with Crippen LogP contribution < -0.4 is 10.1 Å². The van der Waals surface area contributed by atoms with Crippen LogP contribution >= 0.6 is 23.4 Å². The lowest BCUT2D eigenvalue weighted by Gasteiger charge is -2.31. The molecule has 0 bridgehead atoms. The number of rotatable bonds is 5. The number of nitrogens with zero attached hydrogens (tertiary/aromatic N) is 1. The monoisotopic (exact) mass is 428 g/mol. The predicted molar refractivity (Wildman–Crippen MR) is 122 cm³/mol. The van der Waals surface area contributed by atoms with Gasteiger partial charge < -0.3 is 10.1 Å². The summed E-state index contributed by atoms with van der Waals surface area (Å²) >= 11 is 8.10. The number of carbonyl (C=O) groups excluding carboxylic acids is 1. The Morgan fingerprint density at radius 2 is 1.97 bits per heavy atom. The maximum Gasteiger partial charge on any atom is 0.255 e. The molecule has 152 valence electrons. The minimum absolute atomic E-state index is 0.153. The Kier molecular flexibility index (Phi) is 6.48. The molecule has 2 heterocycles. The van der Waals surface area contributed by atoms with Gasteiger partial charge in [0, 0.05) is 28.9 Å². The highest BCUT2D eigenvalue weighted by atomic mass is 35.5. The molecular weight excluding hydrogens is 404 g/mol. The van der Waals surface area contributed by atoms with Gasteiger partial charge in [0.2, 0.25) is 0 Å². The molecule has 6 heteroatoms. The first-order valence-electron chi connectivity index (χ1n) is 9.90. The van der Waals surface area contributed by atoms with Gasteiger partial charge in [0.05, 0.1) is 5.57 Å². The summed E-state index contributed by atoms with van der Waals surface area (Å²) in [6, 6.07) is 14.2. The Bertz CT molecular complexity index is 908. The van der Waals surface area contributed by atoms with Crippen molar-refractivity contribution in [2.75, 3.05) is 30.5 Å². The number of anilines is 1. The van der Waals surface area contributed by atoms with Crippen LogP contribution in [0.3, 0.4) is 0 Å². The highest BCUT2D eigenvalue weighted by molar-refractivity contribution is 7.99. The average Bonchev–Trinajstić information content (AvgIpc) is 2.75. The third-order valence-electron chi connectivity index (χ3n) is 5.43. The average molecular weight is 429 g/mol. The van der Waals surface area contributed by atoms with Crippen molar-refractivity contribution in [2.45, 2.75) is 25.4 Å². The first-order valence-corrected chi connectivity index (χ1v) is 11.4. The summed E-state index contributed by atoms with van der Waals surface area (Å²) in [5.74, 6) is 3.11. The molecule has 0 saturated carbocycles. The lowest BCUT2D eigenvalue weighted by Crippen LogP contribution is -2.34. The van der Waals surface area contributed by atoms with E-state index in [9.17, 15) is 4.79 Å². The topological polar surface area (TPSA) is 41.6 Å². The normalized spacial score (nSPS) is 16.7. The van der Waals surface area contributed by atoms with Crippen LogP contribution in [-0.2, 0) is 11.3 Å². The molecule has 4 nitrogen and oxygen atoms in total. The number of amides is 1. The maximum absolute atomic E-state index is 12.6. The second-order valence-electron chi connectivity index (χ2n) is 7.55. The minimum Gasteiger partial charge on any atom is -0.488 e. The largest absolute Gasteiger partial charge is 0.488 e. The van der Waals surface area contributed by atoms with E-state index in [-0.39, 0.29) is 12.5 Å². The van der Waals surface area contributed by atoms with Crippen molar-refractivity contribution in [2.24, 2.45) is 0 Å². The van der Waals surface area contributed by atoms with Crippen LogP contribution in [0, 0.1) is 0 Å². The smallest absolute Gasteiger partial charge is 0.255 e. The van der Waals surface area contributed by atoms with Crippen LogP contribution in [0.25, 0.3) is 6.08 Å². The highest BCUT2D eigenvalue weighted by Gasteiger charge is 2.19. The summed E-state index contributed by atoms with van der Waals surface area (Å²) in [5.41, 5.74) is 3.45. The number of hydrogen-bond acceptors (Lipinski definition) is 4. The number of ether oxygens (including phenoxy) is 1. The van der Waals surface area contributed by atoms with Crippen LogP contribution in [0.15, 0.2) is 48.0 Å². The van der Waals surface area contributed by atoms with Gasteiger partial charge in [0.25, 0.3) is 5.91 Å². The first-order chi connectivity index (χ1) is 14.1. The minimum atomic E-state index is -0.153. The van der Waals surface area contributed by atoms with Gasteiger partial charge in [-0.15, -0.1) is 0 Å². The van der Waals surface area contributed by atoms with Gasteiger partial charge >= 0.3 is 0 Å². The van der Waals surface area contributed by atoms with Crippen molar-refractivity contribution in [1.29, 1.82) is 0 Å². The van der Waals surface area contributed by atoms with E-state index in [1.807, 2.05) is 24.3 Å². The van der Waals surface area contributed by atoms with Gasteiger partial charge in [-0.05, 0) is 73.4 Å². The Morgan fingerprint density at radius 3 is 2.72 bits per heavy atom. The molecule has 1 N–H and O–H groups in total. The lowest BCUT2D eigenvalue weighted by molar-refractivity contribution is -0.113. The van der Waals surface area contributed by atoms with Crippen LogP contribution in [0.1, 0.15) is 24.0 Å². The van der Waals surface area contributed by atoms with Crippen molar-refractivity contribution in [3.05, 3.63) is 64.2 Å². The summed E-state index contributed by atoms with van der Waals surface area (Å²) in [7, 11) is 2.20. The van der Waals surface area contributed by atoms with Crippen molar-refractivity contribution < 1.29 is 9.53 Å². The van der Waals surface area contributed by atoms with Crippen LogP contribution in [0.2, 0.25) is 5.02 Å². The van der Waals surface area contributed by atoms with Crippen LogP contribution in [-0.4, -0.2) is 42.0 Å². The van der Waals surface area contributed by atoms with Gasteiger partial charge in [0.15, 0.2) is 0 Å². The number of fused-ring (bicyclic) bond motifs is 1. The Labute approximate surface area is 181 Å². The fourth-order valence-electron chi connectivity index (χ4n) is 3.73. The predicted octanol–water partition coefficient (Wildman–Crippen LogP) is 5.08. The number of halogens is 1. The lowest BCUT2D eigenvalue weighted by atomic mass is 10.1. The van der Waals surface area contributed by atoms with E-state index < -0.39 is 0 Å². The zero-order valence-corrected chi connectivity index (χ0v) is 18.1. The van der Waals surface area contributed by atoms with Crippen molar-refractivity contribution in [3.63, 3.8) is 0 Å². The van der Waals surface area contributed by atoms with Crippen LogP contribution in [0.5, 0.6) is 5.75 Å².